The van der Waals surface area contributed by atoms with Crippen molar-refractivity contribution in [3.05, 3.63) is 64.1 Å². The summed E-state index contributed by atoms with van der Waals surface area (Å²) in [5.41, 5.74) is 2.99. The Morgan fingerprint density at radius 3 is 2.79 bits per heavy atom. The summed E-state index contributed by atoms with van der Waals surface area (Å²) in [6.45, 7) is 3.05. The molecule has 0 spiro atoms. The summed E-state index contributed by atoms with van der Waals surface area (Å²) in [5, 5.41) is 2.90. The van der Waals surface area contributed by atoms with Gasteiger partial charge in [-0.25, -0.2) is 0 Å². The van der Waals surface area contributed by atoms with Crippen molar-refractivity contribution in [2.24, 2.45) is 5.92 Å². The van der Waals surface area contributed by atoms with Crippen molar-refractivity contribution in [2.75, 3.05) is 11.9 Å². The Balaban J connectivity index is 1.64. The lowest BCUT2D eigenvalue weighted by Crippen LogP contribution is -2.28. The van der Waals surface area contributed by atoms with E-state index in [2.05, 4.69) is 27.3 Å². The molecule has 2 amide bonds. The van der Waals surface area contributed by atoms with Gasteiger partial charge < -0.3 is 10.2 Å². The van der Waals surface area contributed by atoms with Crippen molar-refractivity contribution in [1.82, 2.24) is 4.90 Å². The molecule has 0 aromatic heterocycles. The molecule has 1 aliphatic rings. The number of nitrogens with zero attached hydrogens (tertiary/aromatic N) is 1. The van der Waals surface area contributed by atoms with E-state index in [9.17, 15) is 9.59 Å². The van der Waals surface area contributed by atoms with Crippen LogP contribution < -0.4 is 5.32 Å². The standard InChI is InChI=1S/C19H19BrN2O2/c1-13-5-4-6-14(9-13)11-22-12-15(10-18(22)23)19(24)21-17-8-3-2-7-16(17)20/h2-9,15H,10-12H2,1H3,(H,21,24). The molecule has 0 saturated carbocycles. The van der Waals surface area contributed by atoms with Gasteiger partial charge in [-0.1, -0.05) is 42.0 Å². The van der Waals surface area contributed by atoms with Crippen molar-refractivity contribution in [3.63, 3.8) is 0 Å². The van der Waals surface area contributed by atoms with Gasteiger partial charge in [-0.05, 0) is 40.5 Å². The number of hydrogen-bond acceptors (Lipinski definition) is 2. The maximum absolute atomic E-state index is 12.5. The molecule has 1 heterocycles. The Kier molecular flexibility index (Phi) is 5.00. The van der Waals surface area contributed by atoms with Gasteiger partial charge in [0.05, 0.1) is 11.6 Å². The molecular weight excluding hydrogens is 368 g/mol. The molecule has 1 aliphatic heterocycles. The maximum Gasteiger partial charge on any atom is 0.229 e. The molecule has 2 aromatic carbocycles. The fourth-order valence-electron chi connectivity index (χ4n) is 2.93. The van der Waals surface area contributed by atoms with E-state index in [4.69, 9.17) is 0 Å². The van der Waals surface area contributed by atoms with Crippen molar-refractivity contribution < 1.29 is 9.59 Å². The number of para-hydroxylation sites is 1. The monoisotopic (exact) mass is 386 g/mol. The van der Waals surface area contributed by atoms with Gasteiger partial charge in [0.2, 0.25) is 11.8 Å². The third-order valence-corrected chi connectivity index (χ3v) is 4.86. The molecule has 0 aliphatic carbocycles. The Bertz CT molecular complexity index is 775. The second-order valence-electron chi connectivity index (χ2n) is 6.13. The molecule has 3 rings (SSSR count). The number of hydrogen-bond donors (Lipinski definition) is 1. The number of nitrogens with one attached hydrogen (secondary N) is 1. The third kappa shape index (κ3) is 3.85. The second kappa shape index (κ2) is 7.18. The first-order valence-electron chi connectivity index (χ1n) is 7.91. The van der Waals surface area contributed by atoms with E-state index in [1.807, 2.05) is 49.4 Å². The van der Waals surface area contributed by atoms with Crippen LogP contribution in [0.2, 0.25) is 0 Å². The fourth-order valence-corrected chi connectivity index (χ4v) is 3.31. The lowest BCUT2D eigenvalue weighted by molar-refractivity contribution is -0.128. The Morgan fingerprint density at radius 2 is 2.04 bits per heavy atom. The quantitative estimate of drug-likeness (QED) is 0.869. The third-order valence-electron chi connectivity index (χ3n) is 4.17. The van der Waals surface area contributed by atoms with Gasteiger partial charge in [-0.3, -0.25) is 9.59 Å². The van der Waals surface area contributed by atoms with Crippen LogP contribution in [0.4, 0.5) is 5.69 Å². The van der Waals surface area contributed by atoms with E-state index < -0.39 is 0 Å². The summed E-state index contributed by atoms with van der Waals surface area (Å²) in [6.07, 6.45) is 0.266. The fraction of sp³-hybridized carbons (Fsp3) is 0.263. The number of rotatable bonds is 4. The Labute approximate surface area is 150 Å². The van der Waals surface area contributed by atoms with E-state index in [-0.39, 0.29) is 24.2 Å². The van der Waals surface area contributed by atoms with Crippen molar-refractivity contribution in [2.45, 2.75) is 19.9 Å². The van der Waals surface area contributed by atoms with Gasteiger partial charge in [0, 0.05) is 24.0 Å². The summed E-state index contributed by atoms with van der Waals surface area (Å²) in [4.78, 5) is 26.5. The summed E-state index contributed by atoms with van der Waals surface area (Å²) in [7, 11) is 0. The average molecular weight is 387 g/mol. The molecule has 0 radical (unpaired) electrons. The minimum Gasteiger partial charge on any atom is -0.338 e. The summed E-state index contributed by atoms with van der Waals surface area (Å²) >= 11 is 3.42. The number of anilines is 1. The topological polar surface area (TPSA) is 49.4 Å². The average Bonchev–Trinajstić information content (AvgIpc) is 2.91. The first-order valence-corrected chi connectivity index (χ1v) is 8.71. The van der Waals surface area contributed by atoms with Crippen LogP contribution in [0.5, 0.6) is 0 Å². The number of aryl methyl sites for hydroxylation is 1. The Hall–Kier alpha value is -2.14. The van der Waals surface area contributed by atoms with Crippen LogP contribution in [0.3, 0.4) is 0 Å². The van der Waals surface area contributed by atoms with Crippen LogP contribution in [0.25, 0.3) is 0 Å². The van der Waals surface area contributed by atoms with Gasteiger partial charge in [0.15, 0.2) is 0 Å². The zero-order valence-electron chi connectivity index (χ0n) is 13.5. The Morgan fingerprint density at radius 1 is 1.25 bits per heavy atom. The van der Waals surface area contributed by atoms with Gasteiger partial charge in [0.1, 0.15) is 0 Å². The van der Waals surface area contributed by atoms with E-state index in [1.165, 1.54) is 5.56 Å². The minimum atomic E-state index is -0.311. The molecule has 1 N–H and O–H groups in total. The largest absolute Gasteiger partial charge is 0.338 e. The lowest BCUT2D eigenvalue weighted by atomic mass is 10.1. The van der Waals surface area contributed by atoms with Gasteiger partial charge in [-0.2, -0.15) is 0 Å². The van der Waals surface area contributed by atoms with Crippen LogP contribution in [-0.2, 0) is 16.1 Å². The SMILES string of the molecule is Cc1cccc(CN2CC(C(=O)Nc3ccccc3Br)CC2=O)c1. The number of carbonyl (C=O) groups excluding carboxylic acids is 2. The van der Waals surface area contributed by atoms with Crippen LogP contribution in [-0.4, -0.2) is 23.3 Å². The summed E-state index contributed by atoms with van der Waals surface area (Å²) < 4.78 is 0.833. The number of benzene rings is 2. The zero-order chi connectivity index (χ0) is 17.1. The normalized spacial score (nSPS) is 17.2. The van der Waals surface area contributed by atoms with Crippen molar-refractivity contribution in [3.8, 4) is 0 Å². The first-order chi connectivity index (χ1) is 11.5. The smallest absolute Gasteiger partial charge is 0.229 e. The van der Waals surface area contributed by atoms with Gasteiger partial charge in [0.25, 0.3) is 0 Å². The summed E-state index contributed by atoms with van der Waals surface area (Å²) in [6, 6.07) is 15.6. The molecular formula is C19H19BrN2O2. The second-order valence-corrected chi connectivity index (χ2v) is 6.99. The molecule has 4 nitrogen and oxygen atoms in total. The number of carbonyl (C=O) groups is 2. The highest BCUT2D eigenvalue weighted by atomic mass is 79.9. The van der Waals surface area contributed by atoms with Crippen LogP contribution in [0.1, 0.15) is 17.5 Å². The number of halogens is 1. The van der Waals surface area contributed by atoms with Crippen molar-refractivity contribution in [1.29, 1.82) is 0 Å². The van der Waals surface area contributed by atoms with Crippen LogP contribution in [0.15, 0.2) is 53.0 Å². The highest BCUT2D eigenvalue weighted by molar-refractivity contribution is 9.10. The van der Waals surface area contributed by atoms with Crippen molar-refractivity contribution >= 4 is 33.4 Å². The molecule has 124 valence electrons. The van der Waals surface area contributed by atoms with E-state index in [0.29, 0.717) is 13.1 Å². The first kappa shape index (κ1) is 16.7. The van der Waals surface area contributed by atoms with Crippen LogP contribution >= 0.6 is 15.9 Å². The number of amides is 2. The molecule has 1 fully saturated rings. The van der Waals surface area contributed by atoms with E-state index in [0.717, 1.165) is 15.7 Å². The van der Waals surface area contributed by atoms with E-state index in [1.54, 1.807) is 4.90 Å². The van der Waals surface area contributed by atoms with Gasteiger partial charge in [-0.15, -0.1) is 0 Å². The van der Waals surface area contributed by atoms with E-state index >= 15 is 0 Å². The molecule has 0 bridgehead atoms. The highest BCUT2D eigenvalue weighted by Gasteiger charge is 2.34. The lowest BCUT2D eigenvalue weighted by Gasteiger charge is -2.17. The minimum absolute atomic E-state index is 0.0313. The maximum atomic E-state index is 12.5. The number of likely N-dealkylation sites (tertiary alicyclic amines) is 1. The molecule has 1 saturated heterocycles. The zero-order valence-corrected chi connectivity index (χ0v) is 15.0. The van der Waals surface area contributed by atoms with Crippen LogP contribution in [0, 0.1) is 12.8 Å². The van der Waals surface area contributed by atoms with Gasteiger partial charge >= 0.3 is 0 Å². The predicted molar refractivity (Wildman–Crippen MR) is 97.5 cm³/mol. The molecule has 1 unspecified atom stereocenters. The molecule has 24 heavy (non-hydrogen) atoms. The highest BCUT2D eigenvalue weighted by Crippen LogP contribution is 2.25. The molecule has 1 atom stereocenters. The molecule has 5 heteroatoms. The summed E-state index contributed by atoms with van der Waals surface area (Å²) in [5.74, 6) is -0.389. The molecule has 2 aromatic rings. The predicted octanol–water partition coefficient (Wildman–Crippen LogP) is 3.74.